The Morgan fingerprint density at radius 3 is 2.58 bits per heavy atom. The standard InChI is InChI=1S/C9H18NO2/c1-8(2)4-5-9(12)10(3)6-7-11/h5,8,11H,4,6-7H2,1-3H3. The Hall–Kier alpha value is -0.570. The van der Waals surface area contributed by atoms with Gasteiger partial charge in [0.15, 0.2) is 0 Å². The van der Waals surface area contributed by atoms with Crippen LogP contribution in [0.3, 0.4) is 0 Å². The van der Waals surface area contributed by atoms with Gasteiger partial charge in [0.1, 0.15) is 0 Å². The molecule has 1 N–H and O–H groups in total. The third-order valence-corrected chi connectivity index (χ3v) is 1.58. The molecule has 0 rings (SSSR count). The van der Waals surface area contributed by atoms with Crippen LogP contribution in [0.25, 0.3) is 0 Å². The Balaban J connectivity index is 3.57. The normalized spacial score (nSPS) is 10.4. The number of amides is 1. The maximum atomic E-state index is 11.2. The van der Waals surface area contributed by atoms with Gasteiger partial charge in [-0.25, -0.2) is 0 Å². The van der Waals surface area contributed by atoms with Crippen molar-refractivity contribution in [1.82, 2.24) is 4.90 Å². The van der Waals surface area contributed by atoms with E-state index in [-0.39, 0.29) is 12.5 Å². The Morgan fingerprint density at radius 2 is 2.17 bits per heavy atom. The van der Waals surface area contributed by atoms with E-state index in [1.165, 1.54) is 4.90 Å². The van der Waals surface area contributed by atoms with Crippen LogP contribution < -0.4 is 0 Å². The number of hydrogen-bond acceptors (Lipinski definition) is 2. The summed E-state index contributed by atoms with van der Waals surface area (Å²) in [4.78, 5) is 12.7. The summed E-state index contributed by atoms with van der Waals surface area (Å²) in [6.45, 7) is 4.57. The average Bonchev–Trinajstić information content (AvgIpc) is 2.00. The zero-order valence-electron chi connectivity index (χ0n) is 8.08. The number of hydrogen-bond donors (Lipinski definition) is 1. The van der Waals surface area contributed by atoms with E-state index in [0.29, 0.717) is 12.5 Å². The molecule has 0 fully saturated rings. The summed E-state index contributed by atoms with van der Waals surface area (Å²) < 4.78 is 0. The van der Waals surface area contributed by atoms with Crippen molar-refractivity contribution in [3.63, 3.8) is 0 Å². The molecule has 0 aromatic heterocycles. The number of nitrogens with zero attached hydrogens (tertiary/aromatic N) is 1. The van der Waals surface area contributed by atoms with Gasteiger partial charge in [-0.15, -0.1) is 0 Å². The smallest absolute Gasteiger partial charge is 0.226 e. The lowest BCUT2D eigenvalue weighted by Crippen LogP contribution is -2.29. The van der Waals surface area contributed by atoms with Gasteiger partial charge in [-0.3, -0.25) is 4.79 Å². The SMILES string of the molecule is CC(C)C[CH]C(=O)N(C)CCO. The first-order chi connectivity index (χ1) is 5.57. The molecule has 0 aliphatic rings. The highest BCUT2D eigenvalue weighted by Gasteiger charge is 2.08. The van der Waals surface area contributed by atoms with E-state index in [0.717, 1.165) is 6.42 Å². The lowest BCUT2D eigenvalue weighted by atomic mass is 10.1. The van der Waals surface area contributed by atoms with Gasteiger partial charge in [0.25, 0.3) is 0 Å². The van der Waals surface area contributed by atoms with E-state index < -0.39 is 0 Å². The third-order valence-electron chi connectivity index (χ3n) is 1.58. The molecule has 0 heterocycles. The van der Waals surface area contributed by atoms with Gasteiger partial charge in [-0.05, 0) is 12.3 Å². The van der Waals surface area contributed by atoms with E-state index in [2.05, 4.69) is 13.8 Å². The predicted octanol–water partition coefficient (Wildman–Crippen LogP) is 0.687. The molecule has 0 saturated carbocycles. The number of rotatable bonds is 5. The van der Waals surface area contributed by atoms with Gasteiger partial charge in [0, 0.05) is 20.0 Å². The van der Waals surface area contributed by atoms with Gasteiger partial charge in [0.05, 0.1) is 6.61 Å². The molecule has 1 amide bonds. The molecule has 12 heavy (non-hydrogen) atoms. The van der Waals surface area contributed by atoms with Crippen molar-refractivity contribution in [2.45, 2.75) is 20.3 Å². The van der Waals surface area contributed by atoms with Crippen molar-refractivity contribution < 1.29 is 9.90 Å². The average molecular weight is 172 g/mol. The van der Waals surface area contributed by atoms with Crippen molar-refractivity contribution in [3.8, 4) is 0 Å². The number of aliphatic hydroxyl groups excluding tert-OH is 1. The monoisotopic (exact) mass is 172 g/mol. The van der Waals surface area contributed by atoms with Gasteiger partial charge in [-0.1, -0.05) is 13.8 Å². The van der Waals surface area contributed by atoms with Crippen molar-refractivity contribution in [3.05, 3.63) is 6.42 Å². The van der Waals surface area contributed by atoms with Crippen molar-refractivity contribution >= 4 is 5.91 Å². The number of carbonyl (C=O) groups is 1. The summed E-state index contributed by atoms with van der Waals surface area (Å²) >= 11 is 0. The Morgan fingerprint density at radius 1 is 1.58 bits per heavy atom. The molecule has 1 radical (unpaired) electrons. The molecule has 0 unspecified atom stereocenters. The molecule has 0 atom stereocenters. The minimum atomic E-state index is -0.00208. The first kappa shape index (κ1) is 11.4. The summed E-state index contributed by atoms with van der Waals surface area (Å²) in [5.41, 5.74) is 0. The third kappa shape index (κ3) is 5.13. The van der Waals surface area contributed by atoms with E-state index >= 15 is 0 Å². The molecule has 0 spiro atoms. The molecule has 0 aliphatic heterocycles. The zero-order chi connectivity index (χ0) is 9.56. The summed E-state index contributed by atoms with van der Waals surface area (Å²) in [5.74, 6) is 0.509. The maximum Gasteiger partial charge on any atom is 0.226 e. The van der Waals surface area contributed by atoms with Crippen molar-refractivity contribution in [1.29, 1.82) is 0 Å². The van der Waals surface area contributed by atoms with Gasteiger partial charge in [-0.2, -0.15) is 0 Å². The summed E-state index contributed by atoms with van der Waals surface area (Å²) in [6.07, 6.45) is 2.47. The molecule has 71 valence electrons. The lowest BCUT2D eigenvalue weighted by molar-refractivity contribution is -0.126. The fraction of sp³-hybridized carbons (Fsp3) is 0.778. The van der Waals surface area contributed by atoms with Gasteiger partial charge in [0.2, 0.25) is 5.91 Å². The summed E-state index contributed by atoms with van der Waals surface area (Å²) in [6, 6.07) is 0. The Bertz CT molecular complexity index is 134. The first-order valence-electron chi connectivity index (χ1n) is 4.27. The predicted molar refractivity (Wildman–Crippen MR) is 48.5 cm³/mol. The zero-order valence-corrected chi connectivity index (χ0v) is 8.08. The maximum absolute atomic E-state index is 11.2. The van der Waals surface area contributed by atoms with E-state index in [1.54, 1.807) is 13.5 Å². The van der Waals surface area contributed by atoms with Crippen molar-refractivity contribution in [2.24, 2.45) is 5.92 Å². The quantitative estimate of drug-likeness (QED) is 0.662. The molecular weight excluding hydrogens is 154 g/mol. The molecule has 0 bridgehead atoms. The highest BCUT2D eigenvalue weighted by molar-refractivity contribution is 5.84. The second-order valence-electron chi connectivity index (χ2n) is 3.32. The molecule has 0 aromatic rings. The Labute approximate surface area is 74.4 Å². The number of aliphatic hydroxyl groups is 1. The van der Waals surface area contributed by atoms with Crippen LogP contribution in [0.2, 0.25) is 0 Å². The fourth-order valence-corrected chi connectivity index (χ4v) is 0.753. The first-order valence-corrected chi connectivity index (χ1v) is 4.27. The van der Waals surface area contributed by atoms with E-state index in [9.17, 15) is 4.79 Å². The van der Waals surface area contributed by atoms with Crippen LogP contribution in [0.15, 0.2) is 0 Å². The highest BCUT2D eigenvalue weighted by Crippen LogP contribution is 2.03. The second kappa shape index (κ2) is 6.00. The minimum absolute atomic E-state index is 0.00208. The number of carbonyl (C=O) groups excluding carboxylic acids is 1. The number of likely N-dealkylation sites (N-methyl/N-ethyl adjacent to an activating group) is 1. The van der Waals surface area contributed by atoms with Crippen LogP contribution in [0, 0.1) is 12.3 Å². The molecule has 0 aromatic carbocycles. The van der Waals surface area contributed by atoms with Crippen LogP contribution in [0.1, 0.15) is 20.3 Å². The molecule has 0 aliphatic carbocycles. The topological polar surface area (TPSA) is 40.5 Å². The van der Waals surface area contributed by atoms with Crippen LogP contribution in [0.4, 0.5) is 0 Å². The van der Waals surface area contributed by atoms with Crippen LogP contribution in [-0.2, 0) is 4.79 Å². The fourth-order valence-electron chi connectivity index (χ4n) is 0.753. The Kier molecular flexibility index (Phi) is 5.72. The van der Waals surface area contributed by atoms with Gasteiger partial charge < -0.3 is 10.0 Å². The summed E-state index contributed by atoms with van der Waals surface area (Å²) in [7, 11) is 1.69. The molecular formula is C9H18NO2. The van der Waals surface area contributed by atoms with E-state index in [1.807, 2.05) is 0 Å². The molecule has 3 nitrogen and oxygen atoms in total. The van der Waals surface area contributed by atoms with Crippen LogP contribution >= 0.6 is 0 Å². The second-order valence-corrected chi connectivity index (χ2v) is 3.32. The van der Waals surface area contributed by atoms with Crippen LogP contribution in [0.5, 0.6) is 0 Å². The summed E-state index contributed by atoms with van der Waals surface area (Å²) in [5, 5.41) is 8.56. The lowest BCUT2D eigenvalue weighted by Gasteiger charge is -2.15. The van der Waals surface area contributed by atoms with Crippen molar-refractivity contribution in [2.75, 3.05) is 20.2 Å². The minimum Gasteiger partial charge on any atom is -0.395 e. The largest absolute Gasteiger partial charge is 0.395 e. The molecule has 0 saturated heterocycles. The van der Waals surface area contributed by atoms with Gasteiger partial charge >= 0.3 is 0 Å². The van der Waals surface area contributed by atoms with E-state index in [4.69, 9.17) is 5.11 Å². The van der Waals surface area contributed by atoms with Crippen LogP contribution in [-0.4, -0.2) is 36.1 Å². The molecule has 3 heteroatoms. The highest BCUT2D eigenvalue weighted by atomic mass is 16.3.